The molecule has 0 saturated carbocycles. The second-order valence-corrected chi connectivity index (χ2v) is 25.6. The Labute approximate surface area is 507 Å². The minimum Gasteiger partial charge on any atom is -0.462 e. The summed E-state index contributed by atoms with van der Waals surface area (Å²) < 4.78 is 17.0. The molecule has 0 aliphatic heterocycles. The third kappa shape index (κ3) is 68.8. The van der Waals surface area contributed by atoms with E-state index in [-0.39, 0.29) is 31.1 Å². The monoisotopic (exact) mass is 1140 g/mol. The zero-order valence-corrected chi connectivity index (χ0v) is 55.4. The summed E-state index contributed by atoms with van der Waals surface area (Å²) >= 11 is 0. The minimum absolute atomic E-state index is 0.0629. The Hall–Kier alpha value is -1.85. The Balaban J connectivity index is 4.18. The molecule has 0 aromatic heterocycles. The van der Waals surface area contributed by atoms with Gasteiger partial charge in [-0.1, -0.05) is 380 Å². The van der Waals surface area contributed by atoms with Crippen LogP contribution in [0.5, 0.6) is 0 Å². The lowest BCUT2D eigenvalue weighted by atomic mass is 10.0. The predicted octanol–water partition coefficient (Wildman–Crippen LogP) is 25.6. The molecule has 0 amide bonds. The molecule has 480 valence electrons. The molecule has 0 aliphatic rings. The molecular weight excluding hydrogens is 997 g/mol. The normalized spacial score (nSPS) is 12.0. The molecule has 81 heavy (non-hydrogen) atoms. The maximum atomic E-state index is 13.0. The van der Waals surface area contributed by atoms with Crippen molar-refractivity contribution in [2.45, 2.75) is 438 Å². The molecule has 0 fully saturated rings. The molecule has 1 unspecified atom stereocenters. The number of allylic oxidation sites excluding steroid dienone is 2. The second-order valence-electron chi connectivity index (χ2n) is 25.6. The third-order valence-electron chi connectivity index (χ3n) is 17.3. The van der Waals surface area contributed by atoms with Gasteiger partial charge in [0.15, 0.2) is 6.10 Å². The van der Waals surface area contributed by atoms with E-state index in [1.54, 1.807) is 0 Å². The molecule has 6 nitrogen and oxygen atoms in total. The van der Waals surface area contributed by atoms with Crippen molar-refractivity contribution in [2.75, 3.05) is 13.2 Å². The predicted molar refractivity (Wildman–Crippen MR) is 353 cm³/mol. The molecule has 0 aromatic carbocycles. The molecule has 0 spiro atoms. The largest absolute Gasteiger partial charge is 0.462 e. The van der Waals surface area contributed by atoms with Gasteiger partial charge >= 0.3 is 17.9 Å². The van der Waals surface area contributed by atoms with Crippen LogP contribution in [0.2, 0.25) is 0 Å². The summed E-state index contributed by atoms with van der Waals surface area (Å²) in [5.74, 6) is -0.826. The highest BCUT2D eigenvalue weighted by molar-refractivity contribution is 5.71. The minimum atomic E-state index is -0.767. The van der Waals surface area contributed by atoms with Crippen LogP contribution >= 0.6 is 0 Å². The fraction of sp³-hybridized carbons (Fsp3) is 0.933. The Morgan fingerprint density at radius 1 is 0.235 bits per heavy atom. The number of hydrogen-bond acceptors (Lipinski definition) is 6. The number of carbonyl (C=O) groups excluding carboxylic acids is 3. The van der Waals surface area contributed by atoms with Crippen LogP contribution < -0.4 is 0 Å². The topological polar surface area (TPSA) is 78.9 Å². The van der Waals surface area contributed by atoms with Crippen molar-refractivity contribution >= 4 is 17.9 Å². The van der Waals surface area contributed by atoms with Gasteiger partial charge in [-0.15, -0.1) is 0 Å². The van der Waals surface area contributed by atoms with E-state index in [0.29, 0.717) is 19.3 Å². The van der Waals surface area contributed by atoms with Gasteiger partial charge in [-0.2, -0.15) is 0 Å². The first-order valence-corrected chi connectivity index (χ1v) is 37.2. The van der Waals surface area contributed by atoms with Crippen LogP contribution in [-0.2, 0) is 28.6 Å². The summed E-state index contributed by atoms with van der Waals surface area (Å²) in [6.45, 7) is 6.73. The molecule has 1 atom stereocenters. The van der Waals surface area contributed by atoms with Crippen molar-refractivity contribution in [3.8, 4) is 0 Å². The first kappa shape index (κ1) is 79.2. The molecule has 0 N–H and O–H groups in total. The average Bonchev–Trinajstić information content (AvgIpc) is 3.46. The van der Waals surface area contributed by atoms with E-state index in [4.69, 9.17) is 14.2 Å². The van der Waals surface area contributed by atoms with Crippen LogP contribution in [0.15, 0.2) is 12.2 Å². The lowest BCUT2D eigenvalue weighted by Gasteiger charge is -2.18. The highest BCUT2D eigenvalue weighted by Gasteiger charge is 2.20. The molecule has 0 aromatic rings. The van der Waals surface area contributed by atoms with Gasteiger partial charge in [-0.25, -0.2) is 0 Å². The highest BCUT2D eigenvalue weighted by Crippen LogP contribution is 2.19. The molecular formula is C75H144O6. The number of esters is 3. The van der Waals surface area contributed by atoms with Crippen molar-refractivity contribution in [3.05, 3.63) is 12.2 Å². The van der Waals surface area contributed by atoms with E-state index in [0.717, 1.165) is 57.8 Å². The number of carbonyl (C=O) groups is 3. The number of unbranched alkanes of at least 4 members (excludes halogenated alkanes) is 57. The van der Waals surface area contributed by atoms with Crippen LogP contribution in [-0.4, -0.2) is 37.2 Å². The van der Waals surface area contributed by atoms with E-state index in [1.165, 1.54) is 334 Å². The van der Waals surface area contributed by atoms with Gasteiger partial charge in [-0.05, 0) is 44.9 Å². The Bertz CT molecular complexity index is 1260. The molecule has 0 aliphatic carbocycles. The van der Waals surface area contributed by atoms with Gasteiger partial charge in [0.05, 0.1) is 0 Å². The standard InChI is InChI=1S/C75H144O6/c1-4-7-10-13-16-19-22-25-27-29-31-33-35-36-37-38-40-41-43-45-47-50-53-56-59-62-65-68-74(77)80-71-72(70-79-73(76)67-64-61-58-55-52-49-24-21-18-15-12-9-6-3)81-75(78)69-66-63-60-57-54-51-48-46-44-42-39-34-32-30-28-26-23-20-17-14-11-8-5-2/h30,32,72H,4-29,31,33-71H2,1-3H3/b32-30-. The van der Waals surface area contributed by atoms with Crippen LogP contribution in [0.25, 0.3) is 0 Å². The maximum Gasteiger partial charge on any atom is 0.306 e. The summed E-state index contributed by atoms with van der Waals surface area (Å²) in [7, 11) is 0. The number of hydrogen-bond donors (Lipinski definition) is 0. The van der Waals surface area contributed by atoms with Crippen molar-refractivity contribution in [1.29, 1.82) is 0 Å². The van der Waals surface area contributed by atoms with Crippen molar-refractivity contribution < 1.29 is 28.6 Å². The summed E-state index contributed by atoms with van der Waals surface area (Å²) in [5.41, 5.74) is 0. The summed E-state index contributed by atoms with van der Waals surface area (Å²) in [6.07, 6.45) is 85.4. The smallest absolute Gasteiger partial charge is 0.306 e. The molecule has 0 rings (SSSR count). The van der Waals surface area contributed by atoms with Gasteiger partial charge < -0.3 is 14.2 Å². The summed E-state index contributed by atoms with van der Waals surface area (Å²) in [5, 5.41) is 0. The van der Waals surface area contributed by atoms with E-state index in [1.807, 2.05) is 0 Å². The first-order chi connectivity index (χ1) is 40.0. The third-order valence-corrected chi connectivity index (χ3v) is 17.3. The van der Waals surface area contributed by atoms with Crippen molar-refractivity contribution in [3.63, 3.8) is 0 Å². The summed E-state index contributed by atoms with van der Waals surface area (Å²) in [6, 6.07) is 0. The lowest BCUT2D eigenvalue weighted by Crippen LogP contribution is -2.30. The maximum absolute atomic E-state index is 13.0. The zero-order valence-electron chi connectivity index (χ0n) is 55.4. The summed E-state index contributed by atoms with van der Waals surface area (Å²) in [4.78, 5) is 38.5. The first-order valence-electron chi connectivity index (χ1n) is 37.2. The van der Waals surface area contributed by atoms with Crippen molar-refractivity contribution in [1.82, 2.24) is 0 Å². The van der Waals surface area contributed by atoms with Gasteiger partial charge in [-0.3, -0.25) is 14.4 Å². The molecule has 0 heterocycles. The van der Waals surface area contributed by atoms with E-state index in [2.05, 4.69) is 32.9 Å². The van der Waals surface area contributed by atoms with Gasteiger partial charge in [0, 0.05) is 19.3 Å². The number of ether oxygens (including phenoxy) is 3. The number of rotatable bonds is 70. The van der Waals surface area contributed by atoms with Crippen LogP contribution in [0.1, 0.15) is 432 Å². The molecule has 6 heteroatoms. The SMILES string of the molecule is CCCCCCCCCC/C=C\CCCCCCCCCCCCCC(=O)OC(COC(=O)CCCCCCCCCCCCCCC)COC(=O)CCCCCCCCCCCCCCCCCCCCCCCCCCCCC. The van der Waals surface area contributed by atoms with Gasteiger partial charge in [0.25, 0.3) is 0 Å². The highest BCUT2D eigenvalue weighted by atomic mass is 16.6. The fourth-order valence-electron chi connectivity index (χ4n) is 11.7. The molecule has 0 bridgehead atoms. The average molecular weight is 1140 g/mol. The molecule has 0 saturated heterocycles. The van der Waals surface area contributed by atoms with Crippen molar-refractivity contribution in [2.24, 2.45) is 0 Å². The van der Waals surface area contributed by atoms with E-state index < -0.39 is 6.10 Å². The van der Waals surface area contributed by atoms with Crippen LogP contribution in [0.3, 0.4) is 0 Å². The van der Waals surface area contributed by atoms with Gasteiger partial charge in [0.1, 0.15) is 13.2 Å². The quantitative estimate of drug-likeness (QED) is 0.0261. The van der Waals surface area contributed by atoms with E-state index >= 15 is 0 Å². The zero-order chi connectivity index (χ0) is 58.5. The second kappa shape index (κ2) is 70.6. The molecule has 0 radical (unpaired) electrons. The van der Waals surface area contributed by atoms with Crippen LogP contribution in [0.4, 0.5) is 0 Å². The lowest BCUT2D eigenvalue weighted by molar-refractivity contribution is -0.167. The van der Waals surface area contributed by atoms with E-state index in [9.17, 15) is 14.4 Å². The fourth-order valence-corrected chi connectivity index (χ4v) is 11.7. The van der Waals surface area contributed by atoms with Crippen LogP contribution in [0, 0.1) is 0 Å². The van der Waals surface area contributed by atoms with Gasteiger partial charge in [0.2, 0.25) is 0 Å². The Kier molecular flexibility index (Phi) is 69.0. The Morgan fingerprint density at radius 2 is 0.407 bits per heavy atom. The Morgan fingerprint density at radius 3 is 0.617 bits per heavy atom.